The van der Waals surface area contributed by atoms with E-state index in [1.807, 2.05) is 6.92 Å². The number of rotatable bonds is 8. The average Bonchev–Trinajstić information content (AvgIpc) is 2.76. The van der Waals surface area contributed by atoms with Gasteiger partial charge in [0.15, 0.2) is 0 Å². The molecule has 0 unspecified atom stereocenters. The van der Waals surface area contributed by atoms with E-state index in [0.29, 0.717) is 32.0 Å². The molecule has 1 aromatic heterocycles. The maximum Gasteiger partial charge on any atom is 0.241 e. The summed E-state index contributed by atoms with van der Waals surface area (Å²) in [6.45, 7) is 7.49. The van der Waals surface area contributed by atoms with Gasteiger partial charge in [0.25, 0.3) is 0 Å². The van der Waals surface area contributed by atoms with Crippen LogP contribution in [0.5, 0.6) is 0 Å². The van der Waals surface area contributed by atoms with Gasteiger partial charge in [0.05, 0.1) is 25.1 Å². The van der Waals surface area contributed by atoms with E-state index in [-0.39, 0.29) is 12.5 Å². The number of nitrogens with zero attached hydrogens (tertiary/aromatic N) is 3. The molecular formula is C11H19N5O2. The van der Waals surface area contributed by atoms with E-state index in [1.54, 1.807) is 6.20 Å². The first-order chi connectivity index (χ1) is 8.61. The quantitative estimate of drug-likeness (QED) is 0.478. The second kappa shape index (κ2) is 7.57. The monoisotopic (exact) mass is 253 g/mol. The molecule has 0 aromatic carbocycles. The number of hydrogen-bond acceptors (Lipinski definition) is 5. The zero-order valence-corrected chi connectivity index (χ0v) is 10.6. The van der Waals surface area contributed by atoms with Crippen LogP contribution in [0.3, 0.4) is 0 Å². The third-order valence-electron chi connectivity index (χ3n) is 2.02. The molecule has 1 rings (SSSR count). The number of aromatic nitrogens is 3. The molecule has 0 bridgehead atoms. The second-order valence-electron chi connectivity index (χ2n) is 3.97. The first kappa shape index (κ1) is 14.3. The number of amides is 1. The van der Waals surface area contributed by atoms with Gasteiger partial charge in [-0.25, -0.2) is 4.68 Å². The van der Waals surface area contributed by atoms with Crippen LogP contribution in [0, 0.1) is 0 Å². The molecule has 0 saturated carbocycles. The normalized spacial score (nSPS) is 10.3. The minimum absolute atomic E-state index is 0.132. The molecule has 0 aliphatic rings. The third-order valence-corrected chi connectivity index (χ3v) is 2.02. The first-order valence-corrected chi connectivity index (χ1v) is 5.69. The molecule has 0 radical (unpaired) electrons. The second-order valence-corrected chi connectivity index (χ2v) is 3.97. The number of carbonyl (C=O) groups excluding carboxylic acids is 1. The molecule has 18 heavy (non-hydrogen) atoms. The van der Waals surface area contributed by atoms with Crippen molar-refractivity contribution in [3.63, 3.8) is 0 Å². The molecular weight excluding hydrogens is 234 g/mol. The topological polar surface area (TPSA) is 95.1 Å². The highest BCUT2D eigenvalue weighted by molar-refractivity contribution is 5.75. The molecule has 0 aliphatic heterocycles. The van der Waals surface area contributed by atoms with Crippen LogP contribution < -0.4 is 11.1 Å². The van der Waals surface area contributed by atoms with E-state index >= 15 is 0 Å². The van der Waals surface area contributed by atoms with Crippen LogP contribution in [0.4, 0.5) is 0 Å². The number of nitrogens with one attached hydrogen (secondary N) is 1. The Labute approximate surface area is 106 Å². The number of hydrogen-bond donors (Lipinski definition) is 2. The summed E-state index contributed by atoms with van der Waals surface area (Å²) in [4.78, 5) is 11.5. The van der Waals surface area contributed by atoms with Crippen LogP contribution in [0.15, 0.2) is 18.3 Å². The van der Waals surface area contributed by atoms with Gasteiger partial charge in [0.1, 0.15) is 6.54 Å². The van der Waals surface area contributed by atoms with E-state index in [2.05, 4.69) is 22.2 Å². The predicted molar refractivity (Wildman–Crippen MR) is 66.6 cm³/mol. The molecule has 100 valence electrons. The van der Waals surface area contributed by atoms with E-state index in [9.17, 15) is 4.79 Å². The van der Waals surface area contributed by atoms with Gasteiger partial charge in [-0.15, -0.1) is 5.10 Å². The van der Waals surface area contributed by atoms with Gasteiger partial charge in [-0.2, -0.15) is 0 Å². The fourth-order valence-electron chi connectivity index (χ4n) is 1.22. The van der Waals surface area contributed by atoms with Crippen LogP contribution >= 0.6 is 0 Å². The van der Waals surface area contributed by atoms with Crippen molar-refractivity contribution in [3.8, 4) is 0 Å². The van der Waals surface area contributed by atoms with Crippen molar-refractivity contribution in [3.05, 3.63) is 24.0 Å². The lowest BCUT2D eigenvalue weighted by atomic mass is 10.4. The smallest absolute Gasteiger partial charge is 0.241 e. The number of ether oxygens (including phenoxy) is 1. The molecule has 0 aliphatic carbocycles. The predicted octanol–water partition coefficient (Wildman–Crippen LogP) is -0.554. The molecule has 7 heteroatoms. The number of nitrogens with two attached hydrogens (primary N) is 1. The summed E-state index contributed by atoms with van der Waals surface area (Å²) in [5, 5.41) is 10.3. The lowest BCUT2D eigenvalue weighted by molar-refractivity contribution is -0.122. The summed E-state index contributed by atoms with van der Waals surface area (Å²) in [6, 6.07) is 0. The fourth-order valence-corrected chi connectivity index (χ4v) is 1.22. The zero-order valence-electron chi connectivity index (χ0n) is 10.6. The minimum atomic E-state index is -0.137. The van der Waals surface area contributed by atoms with Crippen molar-refractivity contribution in [1.82, 2.24) is 20.3 Å². The molecule has 7 nitrogen and oxygen atoms in total. The van der Waals surface area contributed by atoms with Gasteiger partial charge in [0.2, 0.25) is 5.91 Å². The van der Waals surface area contributed by atoms with Gasteiger partial charge in [-0.3, -0.25) is 4.79 Å². The molecule has 3 N–H and O–H groups in total. The Morgan fingerprint density at radius 3 is 3.06 bits per heavy atom. The van der Waals surface area contributed by atoms with E-state index in [0.717, 1.165) is 5.57 Å². The Kier molecular flexibility index (Phi) is 6.03. The van der Waals surface area contributed by atoms with Crippen LogP contribution in [0.1, 0.15) is 12.6 Å². The van der Waals surface area contributed by atoms with Gasteiger partial charge in [-0.05, 0) is 6.92 Å². The molecule has 1 aromatic rings. The zero-order chi connectivity index (χ0) is 13.4. The summed E-state index contributed by atoms with van der Waals surface area (Å²) >= 11 is 0. The van der Waals surface area contributed by atoms with Gasteiger partial charge < -0.3 is 15.8 Å². The summed E-state index contributed by atoms with van der Waals surface area (Å²) < 4.78 is 6.70. The molecule has 1 heterocycles. The highest BCUT2D eigenvalue weighted by Crippen LogP contribution is 1.90. The standard InChI is InChI=1S/C11H19N5O2/c1-9(2)8-18-4-3-13-11(17)7-16-6-10(5-12)14-15-16/h6H,1,3-5,7-8,12H2,2H3,(H,13,17). The minimum Gasteiger partial charge on any atom is -0.375 e. The molecule has 0 saturated heterocycles. The Balaban J connectivity index is 2.15. The van der Waals surface area contributed by atoms with Crippen LogP contribution in [0.2, 0.25) is 0 Å². The van der Waals surface area contributed by atoms with Gasteiger partial charge >= 0.3 is 0 Å². The maximum atomic E-state index is 11.5. The molecule has 0 spiro atoms. The third kappa shape index (κ3) is 5.55. The highest BCUT2D eigenvalue weighted by atomic mass is 16.5. The fraction of sp³-hybridized carbons (Fsp3) is 0.545. The van der Waals surface area contributed by atoms with Crippen LogP contribution in [0.25, 0.3) is 0 Å². The molecule has 1 amide bonds. The SMILES string of the molecule is C=C(C)COCCNC(=O)Cn1cc(CN)nn1. The summed E-state index contributed by atoms with van der Waals surface area (Å²) in [7, 11) is 0. The largest absolute Gasteiger partial charge is 0.375 e. The highest BCUT2D eigenvalue weighted by Gasteiger charge is 2.04. The Bertz CT molecular complexity index is 402. The van der Waals surface area contributed by atoms with Crippen molar-refractivity contribution in [1.29, 1.82) is 0 Å². The Morgan fingerprint density at radius 2 is 2.44 bits per heavy atom. The lowest BCUT2D eigenvalue weighted by Crippen LogP contribution is -2.30. The van der Waals surface area contributed by atoms with Crippen molar-refractivity contribution >= 4 is 5.91 Å². The van der Waals surface area contributed by atoms with Crippen LogP contribution in [-0.2, 0) is 22.6 Å². The van der Waals surface area contributed by atoms with Gasteiger partial charge in [-0.1, -0.05) is 17.4 Å². The first-order valence-electron chi connectivity index (χ1n) is 5.69. The van der Waals surface area contributed by atoms with Crippen molar-refractivity contribution in [2.45, 2.75) is 20.0 Å². The molecule has 0 atom stereocenters. The maximum absolute atomic E-state index is 11.5. The Hall–Kier alpha value is -1.73. The van der Waals surface area contributed by atoms with E-state index in [4.69, 9.17) is 10.5 Å². The van der Waals surface area contributed by atoms with Crippen LogP contribution in [-0.4, -0.2) is 40.7 Å². The molecule has 0 fully saturated rings. The lowest BCUT2D eigenvalue weighted by Gasteiger charge is -2.06. The summed E-state index contributed by atoms with van der Waals surface area (Å²) in [5.41, 5.74) is 7.01. The summed E-state index contributed by atoms with van der Waals surface area (Å²) in [5.74, 6) is -0.137. The van der Waals surface area contributed by atoms with E-state index in [1.165, 1.54) is 4.68 Å². The van der Waals surface area contributed by atoms with Crippen molar-refractivity contribution in [2.75, 3.05) is 19.8 Å². The summed E-state index contributed by atoms with van der Waals surface area (Å²) in [6.07, 6.45) is 1.65. The van der Waals surface area contributed by atoms with Gasteiger partial charge in [0, 0.05) is 13.1 Å². The Morgan fingerprint density at radius 1 is 1.67 bits per heavy atom. The average molecular weight is 253 g/mol. The van der Waals surface area contributed by atoms with Crippen molar-refractivity contribution in [2.24, 2.45) is 5.73 Å². The number of carbonyl (C=O) groups is 1. The van der Waals surface area contributed by atoms with E-state index < -0.39 is 0 Å². The van der Waals surface area contributed by atoms with Crippen molar-refractivity contribution < 1.29 is 9.53 Å².